The number of methoxy groups -OCH3 is 2. The van der Waals surface area contributed by atoms with E-state index in [1.807, 2.05) is 0 Å². The molecule has 20 heavy (non-hydrogen) atoms. The van der Waals surface area contributed by atoms with Crippen LogP contribution in [0, 0.1) is 0 Å². The molecule has 2 aromatic rings. The molecule has 0 fully saturated rings. The van der Waals surface area contributed by atoms with Crippen LogP contribution in [0.15, 0.2) is 30.5 Å². The molecule has 0 aliphatic rings. The number of ether oxygens (including phenoxy) is 3. The molecule has 0 amide bonds. The Balaban J connectivity index is 2.40. The van der Waals surface area contributed by atoms with E-state index >= 15 is 0 Å². The van der Waals surface area contributed by atoms with Crippen molar-refractivity contribution in [3.05, 3.63) is 36.2 Å². The zero-order valence-corrected chi connectivity index (χ0v) is 11.1. The second-order valence-corrected chi connectivity index (χ2v) is 3.81. The molecule has 0 saturated carbocycles. The highest BCUT2D eigenvalue weighted by atomic mass is 16.5. The van der Waals surface area contributed by atoms with Crippen LogP contribution in [0.2, 0.25) is 0 Å². The summed E-state index contributed by atoms with van der Waals surface area (Å²) in [6, 6.07) is 6.84. The minimum atomic E-state index is -2.70. The van der Waals surface area contributed by atoms with E-state index in [2.05, 4.69) is 5.10 Å². The highest BCUT2D eigenvalue weighted by Crippen LogP contribution is 2.21. The fourth-order valence-electron chi connectivity index (χ4n) is 1.64. The van der Waals surface area contributed by atoms with Crippen LogP contribution in [0.3, 0.4) is 0 Å². The standard InChI is InChI=1S/C14H16N2O4/c1-4-20-14(17)13-12(19-3)9-16(15-13)10-5-7-11(18-2)8-6-10/h5-9H,4H2,1-3H3/i3D3. The predicted octanol–water partition coefficient (Wildman–Crippen LogP) is 2.07. The maximum atomic E-state index is 11.9. The number of esters is 1. The Morgan fingerprint density at radius 2 is 2.10 bits per heavy atom. The monoisotopic (exact) mass is 279 g/mol. The number of benzene rings is 1. The molecule has 106 valence electrons. The molecule has 0 saturated heterocycles. The lowest BCUT2D eigenvalue weighted by molar-refractivity contribution is 0.0515. The Hall–Kier alpha value is -2.50. The van der Waals surface area contributed by atoms with Crippen LogP contribution in [-0.4, -0.2) is 36.5 Å². The van der Waals surface area contributed by atoms with E-state index in [0.717, 1.165) is 0 Å². The van der Waals surface area contributed by atoms with Gasteiger partial charge < -0.3 is 14.2 Å². The Morgan fingerprint density at radius 1 is 1.35 bits per heavy atom. The first kappa shape index (κ1) is 10.3. The third-order valence-corrected chi connectivity index (χ3v) is 2.60. The predicted molar refractivity (Wildman–Crippen MR) is 72.6 cm³/mol. The van der Waals surface area contributed by atoms with E-state index in [0.29, 0.717) is 11.4 Å². The summed E-state index contributed by atoms with van der Waals surface area (Å²) in [5, 5.41) is 4.06. The molecule has 1 aromatic carbocycles. The molecule has 0 aliphatic carbocycles. The molecule has 0 aliphatic heterocycles. The highest BCUT2D eigenvalue weighted by Gasteiger charge is 2.19. The Labute approximate surface area is 121 Å². The summed E-state index contributed by atoms with van der Waals surface area (Å²) in [5.74, 6) is -0.260. The van der Waals surface area contributed by atoms with Gasteiger partial charge in [-0.05, 0) is 31.2 Å². The topological polar surface area (TPSA) is 62.6 Å². The molecule has 6 heteroatoms. The molecular formula is C14H16N2O4. The van der Waals surface area contributed by atoms with Gasteiger partial charge in [0.05, 0.1) is 36.8 Å². The van der Waals surface area contributed by atoms with Crippen LogP contribution in [0.1, 0.15) is 21.5 Å². The average Bonchev–Trinajstić information content (AvgIpc) is 2.89. The summed E-state index contributed by atoms with van der Waals surface area (Å²) in [5.41, 5.74) is 0.413. The first-order valence-corrected chi connectivity index (χ1v) is 5.94. The van der Waals surface area contributed by atoms with E-state index < -0.39 is 13.0 Å². The minimum absolute atomic E-state index is 0.140. The van der Waals surface area contributed by atoms with Gasteiger partial charge >= 0.3 is 5.97 Å². The molecule has 0 N–H and O–H groups in total. The fourth-order valence-corrected chi connectivity index (χ4v) is 1.64. The first-order chi connectivity index (χ1) is 10.8. The Kier molecular flexibility index (Phi) is 3.14. The van der Waals surface area contributed by atoms with Crippen molar-refractivity contribution < 1.29 is 23.1 Å². The van der Waals surface area contributed by atoms with Crippen molar-refractivity contribution in [3.8, 4) is 17.2 Å². The second-order valence-electron chi connectivity index (χ2n) is 3.81. The number of nitrogens with zero attached hydrogens (tertiary/aromatic N) is 2. The van der Waals surface area contributed by atoms with Crippen LogP contribution < -0.4 is 9.47 Å². The zero-order valence-electron chi connectivity index (χ0n) is 14.1. The quantitative estimate of drug-likeness (QED) is 0.784. The van der Waals surface area contributed by atoms with Gasteiger partial charge in [0, 0.05) is 0 Å². The van der Waals surface area contributed by atoms with E-state index in [1.165, 1.54) is 10.9 Å². The summed E-state index contributed by atoms with van der Waals surface area (Å²) in [6.07, 6.45) is 1.32. The molecule has 0 spiro atoms. The Morgan fingerprint density at radius 3 is 2.70 bits per heavy atom. The van der Waals surface area contributed by atoms with Crippen molar-refractivity contribution in [1.82, 2.24) is 9.78 Å². The molecule has 0 unspecified atom stereocenters. The van der Waals surface area contributed by atoms with Gasteiger partial charge in [-0.2, -0.15) is 5.10 Å². The van der Waals surface area contributed by atoms with Crippen LogP contribution in [-0.2, 0) is 4.74 Å². The van der Waals surface area contributed by atoms with E-state index in [1.54, 1.807) is 38.3 Å². The van der Waals surface area contributed by atoms with E-state index in [-0.39, 0.29) is 18.1 Å². The van der Waals surface area contributed by atoms with Crippen molar-refractivity contribution in [1.29, 1.82) is 0 Å². The third kappa shape index (κ3) is 2.74. The van der Waals surface area contributed by atoms with Crippen molar-refractivity contribution in [2.24, 2.45) is 0 Å². The van der Waals surface area contributed by atoms with Crippen LogP contribution in [0.5, 0.6) is 11.5 Å². The summed E-state index contributed by atoms with van der Waals surface area (Å²) >= 11 is 0. The smallest absolute Gasteiger partial charge is 0.362 e. The molecule has 0 atom stereocenters. The van der Waals surface area contributed by atoms with E-state index in [4.69, 9.17) is 18.3 Å². The molecule has 6 nitrogen and oxygen atoms in total. The van der Waals surface area contributed by atoms with Gasteiger partial charge in [0.2, 0.25) is 5.69 Å². The number of hydrogen-bond acceptors (Lipinski definition) is 5. The lowest BCUT2D eigenvalue weighted by atomic mass is 10.3. The van der Waals surface area contributed by atoms with E-state index in [9.17, 15) is 4.79 Å². The van der Waals surface area contributed by atoms with Gasteiger partial charge in [0.15, 0.2) is 5.75 Å². The highest BCUT2D eigenvalue weighted by molar-refractivity contribution is 5.90. The minimum Gasteiger partial charge on any atom is -0.497 e. The largest absolute Gasteiger partial charge is 0.497 e. The number of carbonyl (C=O) groups excluding carboxylic acids is 1. The molecule has 0 bridgehead atoms. The lowest BCUT2D eigenvalue weighted by Gasteiger charge is -2.02. The van der Waals surface area contributed by atoms with Gasteiger partial charge in [-0.15, -0.1) is 0 Å². The number of aromatic nitrogens is 2. The van der Waals surface area contributed by atoms with Crippen LogP contribution in [0.25, 0.3) is 5.69 Å². The maximum Gasteiger partial charge on any atom is 0.362 e. The Bertz CT molecular complexity index is 680. The maximum absolute atomic E-state index is 11.9. The number of hydrogen-bond donors (Lipinski definition) is 0. The van der Waals surface area contributed by atoms with Crippen LogP contribution in [0.4, 0.5) is 0 Å². The average molecular weight is 279 g/mol. The SMILES string of the molecule is [2H]C([2H])([2H])Oc1cn(-c2ccc(OC)cc2)nc1C(=O)OCC. The van der Waals surface area contributed by atoms with Crippen molar-refractivity contribution in [3.63, 3.8) is 0 Å². The lowest BCUT2D eigenvalue weighted by Crippen LogP contribution is -2.07. The van der Waals surface area contributed by atoms with Gasteiger partial charge in [0.1, 0.15) is 5.75 Å². The molecule has 2 rings (SSSR count). The van der Waals surface area contributed by atoms with Crippen molar-refractivity contribution >= 4 is 5.97 Å². The van der Waals surface area contributed by atoms with Gasteiger partial charge in [-0.3, -0.25) is 0 Å². The summed E-state index contributed by atoms with van der Waals surface area (Å²) in [4.78, 5) is 11.9. The van der Waals surface area contributed by atoms with Crippen molar-refractivity contribution in [2.75, 3.05) is 20.8 Å². The molecular weight excluding hydrogens is 260 g/mol. The zero-order chi connectivity index (χ0) is 17.0. The molecule has 0 radical (unpaired) electrons. The molecule has 1 aromatic heterocycles. The number of rotatable bonds is 5. The second kappa shape index (κ2) is 6.10. The molecule has 1 heterocycles. The number of carbonyl (C=O) groups is 1. The fraction of sp³-hybridized carbons (Fsp3) is 0.286. The first-order valence-electron chi connectivity index (χ1n) is 7.44. The normalized spacial score (nSPS) is 13.0. The van der Waals surface area contributed by atoms with Gasteiger partial charge in [-0.25, -0.2) is 9.48 Å². The van der Waals surface area contributed by atoms with Gasteiger partial charge in [0.25, 0.3) is 0 Å². The van der Waals surface area contributed by atoms with Gasteiger partial charge in [-0.1, -0.05) is 0 Å². The summed E-state index contributed by atoms with van der Waals surface area (Å²) in [6.45, 7) is 1.78. The summed E-state index contributed by atoms with van der Waals surface area (Å²) in [7, 11) is -1.15. The van der Waals surface area contributed by atoms with Crippen LogP contribution >= 0.6 is 0 Å². The van der Waals surface area contributed by atoms with Crippen molar-refractivity contribution in [2.45, 2.75) is 6.92 Å². The summed E-state index contributed by atoms with van der Waals surface area (Å²) < 4.78 is 37.7. The third-order valence-electron chi connectivity index (χ3n) is 2.60.